The van der Waals surface area contributed by atoms with Crippen LogP contribution in [0.5, 0.6) is 0 Å². The Morgan fingerprint density at radius 3 is 2.91 bits per heavy atom. The van der Waals surface area contributed by atoms with Crippen molar-refractivity contribution in [1.82, 2.24) is 4.90 Å². The fraction of sp³-hybridized carbons (Fsp3) is 0.875. The van der Waals surface area contributed by atoms with Crippen LogP contribution in [0.25, 0.3) is 0 Å². The summed E-state index contributed by atoms with van der Waals surface area (Å²) >= 11 is 0. The van der Waals surface area contributed by atoms with Crippen molar-refractivity contribution in [3.8, 4) is 6.07 Å². The maximum atomic E-state index is 8.59. The van der Waals surface area contributed by atoms with Gasteiger partial charge in [0.1, 0.15) is 0 Å². The van der Waals surface area contributed by atoms with Crippen LogP contribution in [0.15, 0.2) is 0 Å². The molecule has 0 aromatic rings. The van der Waals surface area contributed by atoms with Gasteiger partial charge in [-0.05, 0) is 13.8 Å². The van der Waals surface area contributed by atoms with Crippen molar-refractivity contribution in [3.05, 3.63) is 0 Å². The predicted octanol–water partition coefficient (Wildman–Crippen LogP) is 0.619. The summed E-state index contributed by atoms with van der Waals surface area (Å²) in [5.41, 5.74) is 0. The molecule has 0 aromatic carbocycles. The van der Waals surface area contributed by atoms with E-state index in [9.17, 15) is 0 Å². The smallest absolute Gasteiger partial charge is 0.156 e. The maximum absolute atomic E-state index is 8.59. The molecule has 0 amide bonds. The molecule has 0 N–H and O–H groups in total. The zero-order chi connectivity index (χ0) is 8.27. The Bertz CT molecular complexity index is 162. The Hall–Kier alpha value is -0.590. The molecule has 0 saturated carbocycles. The van der Waals surface area contributed by atoms with Crippen molar-refractivity contribution in [2.75, 3.05) is 19.7 Å². The van der Waals surface area contributed by atoms with E-state index in [0.29, 0.717) is 12.6 Å². The summed E-state index contributed by atoms with van der Waals surface area (Å²) in [5, 5.41) is 8.59. The topological polar surface area (TPSA) is 36.3 Å². The van der Waals surface area contributed by atoms with Crippen LogP contribution in [0.4, 0.5) is 0 Å². The summed E-state index contributed by atoms with van der Waals surface area (Å²) in [6.45, 7) is 6.68. The highest BCUT2D eigenvalue weighted by molar-refractivity contribution is 4.89. The lowest BCUT2D eigenvalue weighted by atomic mass is 10.2. The van der Waals surface area contributed by atoms with Crippen molar-refractivity contribution >= 4 is 0 Å². The number of morpholine rings is 1. The van der Waals surface area contributed by atoms with E-state index in [1.807, 2.05) is 0 Å². The number of hydrogen-bond donors (Lipinski definition) is 0. The standard InChI is InChI=1S/C8H14N2O/c1-7(2)10-3-4-11-8(5-9)6-10/h7-8H,3-4,6H2,1-2H3/t8-/m1/s1. The first-order chi connectivity index (χ1) is 5.24. The number of hydrogen-bond acceptors (Lipinski definition) is 3. The van der Waals surface area contributed by atoms with Gasteiger partial charge in [0.05, 0.1) is 12.7 Å². The first kappa shape index (κ1) is 8.51. The van der Waals surface area contributed by atoms with Gasteiger partial charge >= 0.3 is 0 Å². The van der Waals surface area contributed by atoms with Gasteiger partial charge in [-0.3, -0.25) is 4.90 Å². The van der Waals surface area contributed by atoms with Gasteiger partial charge in [0.15, 0.2) is 6.10 Å². The summed E-state index contributed by atoms with van der Waals surface area (Å²) in [6, 6.07) is 2.65. The zero-order valence-electron chi connectivity index (χ0n) is 7.08. The lowest BCUT2D eigenvalue weighted by Crippen LogP contribution is -2.45. The first-order valence-corrected chi connectivity index (χ1v) is 3.99. The fourth-order valence-electron chi connectivity index (χ4n) is 1.22. The number of ether oxygens (including phenoxy) is 1. The van der Waals surface area contributed by atoms with Gasteiger partial charge in [-0.2, -0.15) is 5.26 Å². The lowest BCUT2D eigenvalue weighted by molar-refractivity contribution is -0.0112. The van der Waals surface area contributed by atoms with Crippen molar-refractivity contribution in [2.45, 2.75) is 26.0 Å². The van der Waals surface area contributed by atoms with Gasteiger partial charge in [0.2, 0.25) is 0 Å². The van der Waals surface area contributed by atoms with E-state index in [1.165, 1.54) is 0 Å². The van der Waals surface area contributed by atoms with Gasteiger partial charge in [0.25, 0.3) is 0 Å². The van der Waals surface area contributed by atoms with E-state index in [-0.39, 0.29) is 6.10 Å². The largest absolute Gasteiger partial charge is 0.361 e. The maximum Gasteiger partial charge on any atom is 0.156 e. The van der Waals surface area contributed by atoms with Gasteiger partial charge in [-0.15, -0.1) is 0 Å². The molecule has 0 aromatic heterocycles. The van der Waals surface area contributed by atoms with Gasteiger partial charge in [0, 0.05) is 19.1 Å². The van der Waals surface area contributed by atoms with Crippen molar-refractivity contribution in [1.29, 1.82) is 5.26 Å². The molecule has 0 spiro atoms. The lowest BCUT2D eigenvalue weighted by Gasteiger charge is -2.32. The molecule has 0 radical (unpaired) electrons. The Labute approximate surface area is 67.6 Å². The average molecular weight is 154 g/mol. The van der Waals surface area contributed by atoms with E-state index in [2.05, 4.69) is 24.8 Å². The van der Waals surface area contributed by atoms with Crippen LogP contribution in [0.3, 0.4) is 0 Å². The molecular formula is C8H14N2O. The SMILES string of the molecule is CC(C)N1CCO[C@H](C#N)C1. The van der Waals surface area contributed by atoms with E-state index < -0.39 is 0 Å². The zero-order valence-corrected chi connectivity index (χ0v) is 7.08. The summed E-state index contributed by atoms with van der Waals surface area (Å²) < 4.78 is 5.20. The minimum absolute atomic E-state index is 0.217. The van der Waals surface area contributed by atoms with Crippen LogP contribution in [0.2, 0.25) is 0 Å². The first-order valence-electron chi connectivity index (χ1n) is 3.99. The van der Waals surface area contributed by atoms with Crippen molar-refractivity contribution < 1.29 is 4.74 Å². The molecule has 0 unspecified atom stereocenters. The molecule has 0 bridgehead atoms. The average Bonchev–Trinajstić information content (AvgIpc) is 2.05. The summed E-state index contributed by atoms with van der Waals surface area (Å²) in [6.07, 6.45) is -0.217. The quantitative estimate of drug-likeness (QED) is 0.555. The highest BCUT2D eigenvalue weighted by Gasteiger charge is 2.21. The Kier molecular flexibility index (Phi) is 2.86. The molecular weight excluding hydrogens is 140 g/mol. The molecule has 3 heteroatoms. The molecule has 1 aliphatic rings. The Morgan fingerprint density at radius 1 is 1.64 bits per heavy atom. The van der Waals surface area contributed by atoms with Crippen LogP contribution < -0.4 is 0 Å². The summed E-state index contributed by atoms with van der Waals surface area (Å²) in [5.74, 6) is 0. The highest BCUT2D eigenvalue weighted by Crippen LogP contribution is 2.07. The highest BCUT2D eigenvalue weighted by atomic mass is 16.5. The van der Waals surface area contributed by atoms with Crippen molar-refractivity contribution in [3.63, 3.8) is 0 Å². The van der Waals surface area contributed by atoms with Crippen molar-refractivity contribution in [2.24, 2.45) is 0 Å². The predicted molar refractivity (Wildman–Crippen MR) is 42.1 cm³/mol. The fourth-order valence-corrected chi connectivity index (χ4v) is 1.22. The molecule has 1 fully saturated rings. The molecule has 1 rings (SSSR count). The van der Waals surface area contributed by atoms with E-state index in [4.69, 9.17) is 10.00 Å². The van der Waals surface area contributed by atoms with Crippen LogP contribution >= 0.6 is 0 Å². The van der Waals surface area contributed by atoms with E-state index >= 15 is 0 Å². The van der Waals surface area contributed by atoms with Gasteiger partial charge in [-0.25, -0.2) is 0 Å². The van der Waals surface area contributed by atoms with E-state index in [0.717, 1.165) is 13.1 Å². The monoisotopic (exact) mass is 154 g/mol. The van der Waals surface area contributed by atoms with Crippen LogP contribution in [-0.2, 0) is 4.74 Å². The second kappa shape index (κ2) is 3.70. The van der Waals surface area contributed by atoms with Gasteiger partial charge in [-0.1, -0.05) is 0 Å². The molecule has 1 aliphatic heterocycles. The number of nitrogens with zero attached hydrogens (tertiary/aromatic N) is 2. The molecule has 1 atom stereocenters. The summed E-state index contributed by atoms with van der Waals surface area (Å²) in [7, 11) is 0. The minimum atomic E-state index is -0.217. The summed E-state index contributed by atoms with van der Waals surface area (Å²) in [4.78, 5) is 2.26. The second-order valence-electron chi connectivity index (χ2n) is 3.08. The van der Waals surface area contributed by atoms with E-state index in [1.54, 1.807) is 0 Å². The molecule has 1 saturated heterocycles. The second-order valence-corrected chi connectivity index (χ2v) is 3.08. The number of nitriles is 1. The Balaban J connectivity index is 2.41. The van der Waals surface area contributed by atoms with Crippen LogP contribution in [0, 0.1) is 11.3 Å². The molecule has 0 aliphatic carbocycles. The third kappa shape index (κ3) is 2.18. The molecule has 62 valence electrons. The van der Waals surface area contributed by atoms with Gasteiger partial charge < -0.3 is 4.74 Å². The minimum Gasteiger partial charge on any atom is -0.361 e. The third-order valence-corrected chi connectivity index (χ3v) is 1.97. The van der Waals surface area contributed by atoms with Crippen LogP contribution in [0.1, 0.15) is 13.8 Å². The normalized spacial score (nSPS) is 26.9. The molecule has 11 heavy (non-hydrogen) atoms. The number of rotatable bonds is 1. The molecule has 1 heterocycles. The van der Waals surface area contributed by atoms with Crippen LogP contribution in [-0.4, -0.2) is 36.7 Å². The Morgan fingerprint density at radius 2 is 2.36 bits per heavy atom. The third-order valence-electron chi connectivity index (χ3n) is 1.97. The molecule has 3 nitrogen and oxygen atoms in total.